The highest BCUT2D eigenvalue weighted by molar-refractivity contribution is 7.99. The molecular weight excluding hydrogens is 358 g/mol. The van der Waals surface area contributed by atoms with Gasteiger partial charge in [0.25, 0.3) is 5.56 Å². The van der Waals surface area contributed by atoms with Crippen molar-refractivity contribution >= 4 is 28.4 Å². The Morgan fingerprint density at radius 2 is 1.96 bits per heavy atom. The highest BCUT2D eigenvalue weighted by atomic mass is 32.2. The summed E-state index contributed by atoms with van der Waals surface area (Å²) in [5, 5.41) is 1.24. The van der Waals surface area contributed by atoms with E-state index in [-0.39, 0.29) is 17.1 Å². The van der Waals surface area contributed by atoms with E-state index in [4.69, 9.17) is 0 Å². The SMILES string of the molecule is CCCCn1c(SCC(=O)c2cc(C)n(C)c2C)nc2ccccc2c1=O. The first-order valence-electron chi connectivity index (χ1n) is 9.22. The van der Waals surface area contributed by atoms with Crippen molar-refractivity contribution in [1.29, 1.82) is 0 Å². The Bertz CT molecular complexity index is 1050. The van der Waals surface area contributed by atoms with Crippen LogP contribution in [-0.2, 0) is 13.6 Å². The fourth-order valence-electron chi connectivity index (χ4n) is 3.12. The summed E-state index contributed by atoms with van der Waals surface area (Å²) in [7, 11) is 1.96. The van der Waals surface area contributed by atoms with Crippen molar-refractivity contribution in [3.63, 3.8) is 0 Å². The zero-order chi connectivity index (χ0) is 19.6. The zero-order valence-electron chi connectivity index (χ0n) is 16.3. The summed E-state index contributed by atoms with van der Waals surface area (Å²) in [6.45, 7) is 6.66. The molecule has 0 unspecified atom stereocenters. The van der Waals surface area contributed by atoms with Gasteiger partial charge < -0.3 is 4.57 Å². The Hall–Kier alpha value is -2.34. The maximum atomic E-state index is 12.9. The highest BCUT2D eigenvalue weighted by Crippen LogP contribution is 2.22. The third kappa shape index (κ3) is 3.86. The van der Waals surface area contributed by atoms with Gasteiger partial charge in [0.15, 0.2) is 10.9 Å². The summed E-state index contributed by atoms with van der Waals surface area (Å²) in [4.78, 5) is 30.3. The molecule has 0 aliphatic heterocycles. The second-order valence-corrected chi connectivity index (χ2v) is 7.72. The standard InChI is InChI=1S/C21H25N3O2S/c1-5-6-11-24-20(26)16-9-7-8-10-18(16)22-21(24)27-13-19(25)17-12-14(2)23(4)15(17)3/h7-10,12H,5-6,11,13H2,1-4H3. The van der Waals surface area contributed by atoms with Crippen molar-refractivity contribution in [3.8, 4) is 0 Å². The molecule has 0 saturated heterocycles. The Balaban J connectivity index is 1.92. The molecule has 0 radical (unpaired) electrons. The maximum Gasteiger partial charge on any atom is 0.262 e. The van der Waals surface area contributed by atoms with E-state index in [9.17, 15) is 9.59 Å². The van der Waals surface area contributed by atoms with E-state index in [0.717, 1.165) is 29.8 Å². The molecule has 5 nitrogen and oxygen atoms in total. The molecule has 0 bridgehead atoms. The fraction of sp³-hybridized carbons (Fsp3) is 0.381. The number of rotatable bonds is 7. The number of hydrogen-bond donors (Lipinski definition) is 0. The number of thioether (sulfide) groups is 1. The first-order chi connectivity index (χ1) is 12.9. The molecule has 0 spiro atoms. The number of aromatic nitrogens is 3. The van der Waals surface area contributed by atoms with E-state index in [1.54, 1.807) is 4.57 Å². The molecule has 0 N–H and O–H groups in total. The molecule has 0 fully saturated rings. The smallest absolute Gasteiger partial charge is 0.262 e. The van der Waals surface area contributed by atoms with E-state index >= 15 is 0 Å². The summed E-state index contributed by atoms with van der Waals surface area (Å²) in [6, 6.07) is 9.31. The molecule has 27 heavy (non-hydrogen) atoms. The number of nitrogens with zero attached hydrogens (tertiary/aromatic N) is 3. The van der Waals surface area contributed by atoms with Crippen LogP contribution in [0.1, 0.15) is 41.5 Å². The molecule has 0 aliphatic rings. The van der Waals surface area contributed by atoms with Gasteiger partial charge in [-0.25, -0.2) is 4.98 Å². The number of carbonyl (C=O) groups excluding carboxylic acids is 1. The number of benzene rings is 1. The van der Waals surface area contributed by atoms with E-state index in [2.05, 4.69) is 11.9 Å². The minimum atomic E-state index is -0.0317. The first-order valence-corrected chi connectivity index (χ1v) is 10.2. The summed E-state index contributed by atoms with van der Waals surface area (Å²) in [6.07, 6.45) is 1.89. The van der Waals surface area contributed by atoms with Gasteiger partial charge in [-0.3, -0.25) is 14.2 Å². The van der Waals surface area contributed by atoms with Crippen LogP contribution in [-0.4, -0.2) is 25.7 Å². The number of carbonyl (C=O) groups is 1. The molecule has 3 rings (SSSR count). The highest BCUT2D eigenvalue weighted by Gasteiger charge is 2.17. The molecule has 1 aromatic carbocycles. The lowest BCUT2D eigenvalue weighted by Crippen LogP contribution is -2.24. The summed E-state index contributed by atoms with van der Waals surface area (Å²) >= 11 is 1.35. The van der Waals surface area contributed by atoms with Crippen molar-refractivity contribution in [1.82, 2.24) is 14.1 Å². The van der Waals surface area contributed by atoms with Gasteiger partial charge in [-0.05, 0) is 38.5 Å². The van der Waals surface area contributed by atoms with Crippen LogP contribution < -0.4 is 5.56 Å². The number of fused-ring (bicyclic) bond motifs is 1. The van der Waals surface area contributed by atoms with E-state index in [1.165, 1.54) is 11.8 Å². The van der Waals surface area contributed by atoms with Crippen molar-refractivity contribution in [2.24, 2.45) is 7.05 Å². The van der Waals surface area contributed by atoms with Crippen molar-refractivity contribution in [2.45, 2.75) is 45.3 Å². The normalized spacial score (nSPS) is 11.3. The molecule has 0 atom stereocenters. The van der Waals surface area contributed by atoms with Crippen LogP contribution in [0.3, 0.4) is 0 Å². The maximum absolute atomic E-state index is 12.9. The lowest BCUT2D eigenvalue weighted by molar-refractivity contribution is 0.102. The third-order valence-electron chi connectivity index (χ3n) is 4.97. The van der Waals surface area contributed by atoms with Crippen LogP contribution in [0.2, 0.25) is 0 Å². The van der Waals surface area contributed by atoms with Crippen LogP contribution in [0.4, 0.5) is 0 Å². The summed E-state index contributed by atoms with van der Waals surface area (Å²) < 4.78 is 3.73. The fourth-order valence-corrected chi connectivity index (χ4v) is 4.03. The number of aryl methyl sites for hydroxylation is 1. The predicted molar refractivity (Wildman–Crippen MR) is 111 cm³/mol. The van der Waals surface area contributed by atoms with Crippen molar-refractivity contribution < 1.29 is 4.79 Å². The minimum Gasteiger partial charge on any atom is -0.351 e. The van der Waals surface area contributed by atoms with Crippen molar-refractivity contribution in [3.05, 3.63) is 57.6 Å². The average Bonchev–Trinajstić information content (AvgIpc) is 2.93. The third-order valence-corrected chi connectivity index (χ3v) is 5.95. The summed E-state index contributed by atoms with van der Waals surface area (Å²) in [5.41, 5.74) is 3.41. The molecule has 0 amide bonds. The largest absolute Gasteiger partial charge is 0.351 e. The summed E-state index contributed by atoms with van der Waals surface area (Å²) in [5.74, 6) is 0.326. The lowest BCUT2D eigenvalue weighted by atomic mass is 10.2. The number of Topliss-reactive ketones (excluding diaryl/α,β-unsaturated/α-hetero) is 1. The van der Waals surface area contributed by atoms with Crippen LogP contribution in [0, 0.1) is 13.8 Å². The Morgan fingerprint density at radius 3 is 2.63 bits per heavy atom. The van der Waals surface area contributed by atoms with Gasteiger partial charge in [0.1, 0.15) is 0 Å². The number of unbranched alkanes of at least 4 members (excludes halogenated alkanes) is 1. The topological polar surface area (TPSA) is 56.9 Å². The zero-order valence-corrected chi connectivity index (χ0v) is 17.1. The molecule has 6 heteroatoms. The van der Waals surface area contributed by atoms with E-state index < -0.39 is 0 Å². The monoisotopic (exact) mass is 383 g/mol. The van der Waals surface area contributed by atoms with Crippen LogP contribution in [0.25, 0.3) is 10.9 Å². The van der Waals surface area contributed by atoms with Gasteiger partial charge in [0.2, 0.25) is 0 Å². The van der Waals surface area contributed by atoms with Gasteiger partial charge in [-0.1, -0.05) is 37.2 Å². The van der Waals surface area contributed by atoms with Crippen LogP contribution in [0.15, 0.2) is 40.3 Å². The molecule has 0 aliphatic carbocycles. The molecule has 142 valence electrons. The molecule has 3 aromatic rings. The number of hydrogen-bond acceptors (Lipinski definition) is 4. The number of ketones is 1. The van der Waals surface area contributed by atoms with Crippen LogP contribution >= 0.6 is 11.8 Å². The van der Waals surface area contributed by atoms with E-state index in [0.29, 0.717) is 22.6 Å². The average molecular weight is 384 g/mol. The lowest BCUT2D eigenvalue weighted by Gasteiger charge is -2.12. The predicted octanol–water partition coefficient (Wildman–Crippen LogP) is 4.13. The van der Waals surface area contributed by atoms with Gasteiger partial charge in [-0.2, -0.15) is 0 Å². The Kier molecular flexibility index (Phi) is 5.85. The Labute approximate surface area is 163 Å². The van der Waals surface area contributed by atoms with Gasteiger partial charge in [0.05, 0.1) is 16.7 Å². The molecule has 2 aromatic heterocycles. The Morgan fingerprint density at radius 1 is 1.22 bits per heavy atom. The number of para-hydroxylation sites is 1. The van der Waals surface area contributed by atoms with Gasteiger partial charge in [0, 0.05) is 30.5 Å². The van der Waals surface area contributed by atoms with Gasteiger partial charge in [-0.15, -0.1) is 0 Å². The van der Waals surface area contributed by atoms with Crippen LogP contribution in [0.5, 0.6) is 0 Å². The molecule has 2 heterocycles. The molecular formula is C21H25N3O2S. The minimum absolute atomic E-state index is 0.0317. The molecule has 0 saturated carbocycles. The van der Waals surface area contributed by atoms with Gasteiger partial charge >= 0.3 is 0 Å². The quantitative estimate of drug-likeness (QED) is 0.350. The second kappa shape index (κ2) is 8.13. The second-order valence-electron chi connectivity index (χ2n) is 6.78. The van der Waals surface area contributed by atoms with Crippen molar-refractivity contribution in [2.75, 3.05) is 5.75 Å². The van der Waals surface area contributed by atoms with E-state index in [1.807, 2.05) is 55.8 Å². The first kappa shape index (κ1) is 19.4.